The Kier molecular flexibility index (Phi) is 4.44. The predicted octanol–water partition coefficient (Wildman–Crippen LogP) is 3.80. The summed E-state index contributed by atoms with van der Waals surface area (Å²) in [6, 6.07) is 17.2. The molecule has 0 radical (unpaired) electrons. The molecule has 3 aromatic rings. The van der Waals surface area contributed by atoms with Crippen LogP contribution in [0, 0.1) is 0 Å². The molecule has 0 saturated carbocycles. The SMILES string of the molecule is CN(Cc1cccc(Cl)c1)C(=O)c1cnn(-c2ccccc2)c1. The molecule has 0 aliphatic carbocycles. The minimum Gasteiger partial charge on any atom is -0.337 e. The number of carbonyl (C=O) groups excluding carboxylic acids is 1. The number of nitrogens with zero attached hydrogens (tertiary/aromatic N) is 3. The van der Waals surface area contributed by atoms with Crippen LogP contribution in [0.4, 0.5) is 0 Å². The molecule has 1 amide bonds. The summed E-state index contributed by atoms with van der Waals surface area (Å²) in [5.74, 6) is -0.0767. The zero-order valence-electron chi connectivity index (χ0n) is 12.7. The normalized spacial score (nSPS) is 10.5. The van der Waals surface area contributed by atoms with E-state index in [1.54, 1.807) is 29.0 Å². The second-order valence-corrected chi connectivity index (χ2v) is 5.74. The number of benzene rings is 2. The number of aromatic nitrogens is 2. The van der Waals surface area contributed by atoms with Gasteiger partial charge in [0.05, 0.1) is 17.4 Å². The molecule has 0 spiro atoms. The highest BCUT2D eigenvalue weighted by Gasteiger charge is 2.14. The first-order chi connectivity index (χ1) is 11.1. The Morgan fingerprint density at radius 1 is 1.17 bits per heavy atom. The van der Waals surface area contributed by atoms with Gasteiger partial charge in [0.2, 0.25) is 0 Å². The molecule has 23 heavy (non-hydrogen) atoms. The topological polar surface area (TPSA) is 38.1 Å². The number of hydrogen-bond acceptors (Lipinski definition) is 2. The monoisotopic (exact) mass is 325 g/mol. The van der Waals surface area contributed by atoms with Crippen molar-refractivity contribution in [3.63, 3.8) is 0 Å². The Balaban J connectivity index is 1.74. The Labute approximate surface area is 139 Å². The lowest BCUT2D eigenvalue weighted by atomic mass is 10.2. The van der Waals surface area contributed by atoms with Gasteiger partial charge in [-0.15, -0.1) is 0 Å². The lowest BCUT2D eigenvalue weighted by Gasteiger charge is -2.16. The van der Waals surface area contributed by atoms with E-state index in [1.807, 2.05) is 54.6 Å². The van der Waals surface area contributed by atoms with Gasteiger partial charge in [0.15, 0.2) is 0 Å². The molecule has 116 valence electrons. The summed E-state index contributed by atoms with van der Waals surface area (Å²) in [5, 5.41) is 4.93. The van der Waals surface area contributed by atoms with Crippen LogP contribution in [0.2, 0.25) is 5.02 Å². The van der Waals surface area contributed by atoms with Crippen molar-refractivity contribution < 1.29 is 4.79 Å². The van der Waals surface area contributed by atoms with E-state index in [0.717, 1.165) is 11.3 Å². The van der Waals surface area contributed by atoms with Crippen LogP contribution in [-0.4, -0.2) is 27.6 Å². The summed E-state index contributed by atoms with van der Waals surface area (Å²) >= 11 is 5.98. The Morgan fingerprint density at radius 2 is 1.96 bits per heavy atom. The number of para-hydroxylation sites is 1. The van der Waals surface area contributed by atoms with Gasteiger partial charge < -0.3 is 4.90 Å². The quantitative estimate of drug-likeness (QED) is 0.732. The van der Waals surface area contributed by atoms with Crippen molar-refractivity contribution in [2.24, 2.45) is 0 Å². The molecular formula is C18H16ClN3O. The minimum absolute atomic E-state index is 0.0767. The van der Waals surface area contributed by atoms with Crippen molar-refractivity contribution in [1.29, 1.82) is 0 Å². The maximum Gasteiger partial charge on any atom is 0.257 e. The third-order valence-electron chi connectivity index (χ3n) is 3.51. The molecule has 0 aliphatic heterocycles. The summed E-state index contributed by atoms with van der Waals surface area (Å²) in [6.45, 7) is 0.496. The van der Waals surface area contributed by atoms with Crippen LogP contribution in [0.1, 0.15) is 15.9 Å². The molecule has 0 fully saturated rings. The fourth-order valence-corrected chi connectivity index (χ4v) is 2.57. The van der Waals surface area contributed by atoms with Crippen molar-refractivity contribution in [1.82, 2.24) is 14.7 Å². The van der Waals surface area contributed by atoms with E-state index in [4.69, 9.17) is 11.6 Å². The van der Waals surface area contributed by atoms with E-state index in [9.17, 15) is 4.79 Å². The molecule has 0 unspecified atom stereocenters. The summed E-state index contributed by atoms with van der Waals surface area (Å²) in [6.07, 6.45) is 3.33. The fraction of sp³-hybridized carbons (Fsp3) is 0.111. The van der Waals surface area contributed by atoms with Crippen LogP contribution < -0.4 is 0 Å². The standard InChI is InChI=1S/C18H16ClN3O/c1-21(12-14-6-5-7-16(19)10-14)18(23)15-11-20-22(13-15)17-8-3-2-4-9-17/h2-11,13H,12H2,1H3. The van der Waals surface area contributed by atoms with E-state index in [2.05, 4.69) is 5.10 Å². The molecule has 0 bridgehead atoms. The molecule has 0 aliphatic rings. The van der Waals surface area contributed by atoms with Crippen LogP contribution in [0.3, 0.4) is 0 Å². The van der Waals surface area contributed by atoms with Gasteiger partial charge in [-0.05, 0) is 29.8 Å². The maximum absolute atomic E-state index is 12.5. The van der Waals surface area contributed by atoms with Gasteiger partial charge >= 0.3 is 0 Å². The van der Waals surface area contributed by atoms with E-state index in [1.165, 1.54) is 0 Å². The van der Waals surface area contributed by atoms with Crippen molar-refractivity contribution in [3.05, 3.63) is 83.1 Å². The zero-order chi connectivity index (χ0) is 16.2. The highest BCUT2D eigenvalue weighted by molar-refractivity contribution is 6.30. The molecular weight excluding hydrogens is 310 g/mol. The molecule has 0 saturated heterocycles. The average molecular weight is 326 g/mol. The smallest absolute Gasteiger partial charge is 0.257 e. The minimum atomic E-state index is -0.0767. The van der Waals surface area contributed by atoms with Gasteiger partial charge in [-0.2, -0.15) is 5.10 Å². The van der Waals surface area contributed by atoms with E-state index in [-0.39, 0.29) is 5.91 Å². The number of hydrogen-bond donors (Lipinski definition) is 0. The molecule has 2 aromatic carbocycles. The Bertz CT molecular complexity index is 814. The number of halogens is 1. The van der Waals surface area contributed by atoms with Gasteiger partial charge in [0.25, 0.3) is 5.91 Å². The number of amides is 1. The third kappa shape index (κ3) is 3.60. The molecule has 0 N–H and O–H groups in total. The average Bonchev–Trinajstić information content (AvgIpc) is 3.05. The first kappa shape index (κ1) is 15.3. The second kappa shape index (κ2) is 6.67. The lowest BCUT2D eigenvalue weighted by Crippen LogP contribution is -2.25. The van der Waals surface area contributed by atoms with E-state index < -0.39 is 0 Å². The number of carbonyl (C=O) groups is 1. The highest BCUT2D eigenvalue weighted by Crippen LogP contribution is 2.14. The predicted molar refractivity (Wildman–Crippen MR) is 90.8 cm³/mol. The second-order valence-electron chi connectivity index (χ2n) is 5.30. The molecule has 5 heteroatoms. The van der Waals surface area contributed by atoms with Crippen LogP contribution in [0.25, 0.3) is 5.69 Å². The first-order valence-corrected chi connectivity index (χ1v) is 7.61. The first-order valence-electron chi connectivity index (χ1n) is 7.23. The molecule has 3 rings (SSSR count). The lowest BCUT2D eigenvalue weighted by molar-refractivity contribution is 0.0785. The van der Waals surface area contributed by atoms with E-state index in [0.29, 0.717) is 17.1 Å². The molecule has 0 atom stereocenters. The van der Waals surface area contributed by atoms with Crippen LogP contribution in [0.5, 0.6) is 0 Å². The summed E-state index contributed by atoms with van der Waals surface area (Å²) in [5.41, 5.74) is 2.46. The Hall–Kier alpha value is -2.59. The van der Waals surface area contributed by atoms with E-state index >= 15 is 0 Å². The highest BCUT2D eigenvalue weighted by atomic mass is 35.5. The van der Waals surface area contributed by atoms with Gasteiger partial charge in [-0.1, -0.05) is 41.9 Å². The number of rotatable bonds is 4. The van der Waals surface area contributed by atoms with Crippen LogP contribution in [0.15, 0.2) is 67.0 Å². The van der Waals surface area contributed by atoms with Crippen molar-refractivity contribution in [2.45, 2.75) is 6.54 Å². The van der Waals surface area contributed by atoms with Gasteiger partial charge in [-0.3, -0.25) is 4.79 Å². The summed E-state index contributed by atoms with van der Waals surface area (Å²) in [7, 11) is 1.77. The largest absolute Gasteiger partial charge is 0.337 e. The van der Waals surface area contributed by atoms with Crippen molar-refractivity contribution >= 4 is 17.5 Å². The van der Waals surface area contributed by atoms with Crippen molar-refractivity contribution in [2.75, 3.05) is 7.05 Å². The van der Waals surface area contributed by atoms with Gasteiger partial charge in [-0.25, -0.2) is 4.68 Å². The molecule has 4 nitrogen and oxygen atoms in total. The zero-order valence-corrected chi connectivity index (χ0v) is 13.4. The summed E-state index contributed by atoms with van der Waals surface area (Å²) < 4.78 is 1.69. The fourth-order valence-electron chi connectivity index (χ4n) is 2.36. The molecule has 1 heterocycles. The Morgan fingerprint density at radius 3 is 2.70 bits per heavy atom. The summed E-state index contributed by atoms with van der Waals surface area (Å²) in [4.78, 5) is 14.2. The van der Waals surface area contributed by atoms with Crippen molar-refractivity contribution in [3.8, 4) is 5.69 Å². The third-order valence-corrected chi connectivity index (χ3v) is 3.74. The van der Waals surface area contributed by atoms with Crippen LogP contribution in [-0.2, 0) is 6.54 Å². The van der Waals surface area contributed by atoms with Gasteiger partial charge in [0.1, 0.15) is 0 Å². The maximum atomic E-state index is 12.5. The molecule has 1 aromatic heterocycles. The van der Waals surface area contributed by atoms with Gasteiger partial charge in [0, 0.05) is 24.8 Å². The van der Waals surface area contributed by atoms with Crippen LogP contribution >= 0.6 is 11.6 Å².